The van der Waals surface area contributed by atoms with Gasteiger partial charge >= 0.3 is 0 Å². The van der Waals surface area contributed by atoms with Gasteiger partial charge in [-0.15, -0.1) is 0 Å². The Morgan fingerprint density at radius 3 is 2.42 bits per heavy atom. The molecule has 0 aliphatic carbocycles. The van der Waals surface area contributed by atoms with Crippen LogP contribution in [0.15, 0.2) is 36.4 Å². The molecular formula is C19H21ClN2O4. The average molecular weight is 377 g/mol. The molecule has 2 amide bonds. The minimum absolute atomic E-state index is 0.0720. The fourth-order valence-corrected chi connectivity index (χ4v) is 2.56. The number of hydrogen-bond donors (Lipinski definition) is 1. The molecule has 0 saturated heterocycles. The number of amides is 2. The van der Waals surface area contributed by atoms with E-state index in [1.54, 1.807) is 57.6 Å². The molecule has 0 spiro atoms. The molecule has 0 heterocycles. The normalized spacial score (nSPS) is 10.2. The summed E-state index contributed by atoms with van der Waals surface area (Å²) in [5.74, 6) is 0.758. The third-order valence-corrected chi connectivity index (χ3v) is 4.06. The maximum absolute atomic E-state index is 12.5. The summed E-state index contributed by atoms with van der Waals surface area (Å²) < 4.78 is 10.5. The van der Waals surface area contributed by atoms with Crippen molar-refractivity contribution in [2.24, 2.45) is 0 Å². The molecule has 2 rings (SSSR count). The zero-order valence-electron chi connectivity index (χ0n) is 15.1. The zero-order chi connectivity index (χ0) is 19.3. The number of nitrogens with one attached hydrogen (secondary N) is 1. The molecule has 0 aliphatic rings. The Labute approximate surface area is 157 Å². The van der Waals surface area contributed by atoms with Crippen LogP contribution in [-0.4, -0.2) is 45.0 Å². The first-order valence-corrected chi connectivity index (χ1v) is 8.25. The highest BCUT2D eigenvalue weighted by Crippen LogP contribution is 2.26. The van der Waals surface area contributed by atoms with Crippen molar-refractivity contribution in [3.8, 4) is 11.5 Å². The predicted molar refractivity (Wildman–Crippen MR) is 101 cm³/mol. The number of carbonyl (C=O) groups excluding carboxylic acids is 2. The number of methoxy groups -OCH3 is 2. The van der Waals surface area contributed by atoms with Gasteiger partial charge < -0.3 is 19.7 Å². The van der Waals surface area contributed by atoms with E-state index >= 15 is 0 Å². The number of halogens is 1. The van der Waals surface area contributed by atoms with Gasteiger partial charge in [0.1, 0.15) is 11.5 Å². The van der Waals surface area contributed by atoms with Crippen molar-refractivity contribution in [2.45, 2.75) is 6.42 Å². The Morgan fingerprint density at radius 1 is 1.08 bits per heavy atom. The van der Waals surface area contributed by atoms with Crippen molar-refractivity contribution in [3.63, 3.8) is 0 Å². The van der Waals surface area contributed by atoms with Gasteiger partial charge in [-0.3, -0.25) is 9.59 Å². The molecule has 138 valence electrons. The van der Waals surface area contributed by atoms with Gasteiger partial charge in [-0.1, -0.05) is 11.6 Å². The van der Waals surface area contributed by atoms with Gasteiger partial charge in [0, 0.05) is 25.2 Å². The van der Waals surface area contributed by atoms with E-state index in [1.807, 2.05) is 0 Å². The summed E-state index contributed by atoms with van der Waals surface area (Å²) in [6.07, 6.45) is 0.0720. The predicted octanol–water partition coefficient (Wildman–Crippen LogP) is 3.24. The summed E-state index contributed by atoms with van der Waals surface area (Å²) in [6, 6.07) is 10.0. The molecule has 0 bridgehead atoms. The van der Waals surface area contributed by atoms with Gasteiger partial charge in [-0.05, 0) is 36.4 Å². The fraction of sp³-hybridized carbons (Fsp3) is 0.263. The van der Waals surface area contributed by atoms with Crippen molar-refractivity contribution in [1.82, 2.24) is 4.90 Å². The molecule has 0 aliphatic heterocycles. The third kappa shape index (κ3) is 4.67. The molecule has 2 aromatic carbocycles. The second-order valence-corrected chi connectivity index (χ2v) is 6.20. The Bertz CT molecular complexity index is 821. The van der Waals surface area contributed by atoms with Crippen molar-refractivity contribution >= 4 is 29.1 Å². The molecule has 0 atom stereocenters. The van der Waals surface area contributed by atoms with E-state index in [1.165, 1.54) is 12.0 Å². The number of benzene rings is 2. The van der Waals surface area contributed by atoms with Crippen LogP contribution in [0.1, 0.15) is 15.9 Å². The van der Waals surface area contributed by atoms with Crippen LogP contribution in [-0.2, 0) is 11.2 Å². The number of nitrogens with zero attached hydrogens (tertiary/aromatic N) is 1. The number of carbonyl (C=O) groups is 2. The van der Waals surface area contributed by atoms with Crippen LogP contribution in [0.2, 0.25) is 5.02 Å². The summed E-state index contributed by atoms with van der Waals surface area (Å²) in [6.45, 7) is 0. The van der Waals surface area contributed by atoms with Gasteiger partial charge in [0.25, 0.3) is 5.91 Å². The van der Waals surface area contributed by atoms with Gasteiger partial charge in [0.15, 0.2) is 0 Å². The van der Waals surface area contributed by atoms with Crippen molar-refractivity contribution < 1.29 is 19.1 Å². The molecular weight excluding hydrogens is 356 g/mol. The first-order chi connectivity index (χ1) is 12.3. The van der Waals surface area contributed by atoms with E-state index in [0.717, 1.165) is 0 Å². The molecule has 0 saturated carbocycles. The van der Waals surface area contributed by atoms with Gasteiger partial charge in [0.2, 0.25) is 5.91 Å². The number of hydrogen-bond acceptors (Lipinski definition) is 4. The van der Waals surface area contributed by atoms with Crippen LogP contribution in [0.3, 0.4) is 0 Å². The van der Waals surface area contributed by atoms with Crippen LogP contribution in [0.5, 0.6) is 11.5 Å². The summed E-state index contributed by atoms with van der Waals surface area (Å²) >= 11 is 6.15. The van der Waals surface area contributed by atoms with Crippen molar-refractivity contribution in [1.29, 1.82) is 0 Å². The Kier molecular flexibility index (Phi) is 6.46. The van der Waals surface area contributed by atoms with Crippen LogP contribution in [0.4, 0.5) is 5.69 Å². The highest BCUT2D eigenvalue weighted by atomic mass is 35.5. The van der Waals surface area contributed by atoms with E-state index in [2.05, 4.69) is 5.32 Å². The quantitative estimate of drug-likeness (QED) is 0.840. The van der Waals surface area contributed by atoms with E-state index in [9.17, 15) is 9.59 Å². The molecule has 1 N–H and O–H groups in total. The van der Waals surface area contributed by atoms with Crippen LogP contribution >= 0.6 is 11.6 Å². The largest absolute Gasteiger partial charge is 0.497 e. The second-order valence-electron chi connectivity index (χ2n) is 5.80. The second kappa shape index (κ2) is 8.58. The summed E-state index contributed by atoms with van der Waals surface area (Å²) in [5.41, 5.74) is 1.50. The Morgan fingerprint density at radius 2 is 1.81 bits per heavy atom. The lowest BCUT2D eigenvalue weighted by Gasteiger charge is -2.14. The fourth-order valence-electron chi connectivity index (χ4n) is 2.40. The summed E-state index contributed by atoms with van der Waals surface area (Å²) in [5, 5.41) is 3.10. The first kappa shape index (κ1) is 19.6. The highest BCUT2D eigenvalue weighted by molar-refractivity contribution is 6.33. The number of anilines is 1. The lowest BCUT2D eigenvalue weighted by Crippen LogP contribution is -2.22. The molecule has 0 aromatic heterocycles. The van der Waals surface area contributed by atoms with E-state index in [0.29, 0.717) is 33.3 Å². The van der Waals surface area contributed by atoms with Gasteiger partial charge in [0.05, 0.1) is 31.4 Å². The molecule has 6 nitrogen and oxygen atoms in total. The highest BCUT2D eigenvalue weighted by Gasteiger charge is 2.14. The Balaban J connectivity index is 2.20. The summed E-state index contributed by atoms with van der Waals surface area (Å²) in [4.78, 5) is 26.0. The average Bonchev–Trinajstić information content (AvgIpc) is 2.62. The lowest BCUT2D eigenvalue weighted by atomic mass is 10.1. The first-order valence-electron chi connectivity index (χ1n) is 7.87. The Hall–Kier alpha value is -2.73. The minimum atomic E-state index is -0.284. The van der Waals surface area contributed by atoms with Crippen LogP contribution in [0, 0.1) is 0 Å². The van der Waals surface area contributed by atoms with E-state index < -0.39 is 0 Å². The maximum atomic E-state index is 12.5. The van der Waals surface area contributed by atoms with E-state index in [-0.39, 0.29) is 18.2 Å². The topological polar surface area (TPSA) is 67.9 Å². The standard InChI is InChI=1S/C19H21ClN2O4/c1-22(2)19(24)12-5-7-15(20)16(10-12)21-18(23)11-13-9-14(25-3)6-8-17(13)26-4/h5-10H,11H2,1-4H3,(H,21,23). The number of rotatable bonds is 6. The smallest absolute Gasteiger partial charge is 0.253 e. The van der Waals surface area contributed by atoms with Gasteiger partial charge in [-0.25, -0.2) is 0 Å². The molecule has 0 radical (unpaired) electrons. The van der Waals surface area contributed by atoms with Crippen molar-refractivity contribution in [3.05, 3.63) is 52.5 Å². The molecule has 26 heavy (non-hydrogen) atoms. The van der Waals surface area contributed by atoms with Gasteiger partial charge in [-0.2, -0.15) is 0 Å². The van der Waals surface area contributed by atoms with Crippen LogP contribution in [0.25, 0.3) is 0 Å². The van der Waals surface area contributed by atoms with Crippen LogP contribution < -0.4 is 14.8 Å². The monoisotopic (exact) mass is 376 g/mol. The molecule has 7 heteroatoms. The third-order valence-electron chi connectivity index (χ3n) is 3.73. The van der Waals surface area contributed by atoms with Crippen molar-refractivity contribution in [2.75, 3.05) is 33.6 Å². The number of ether oxygens (including phenoxy) is 2. The van der Waals surface area contributed by atoms with E-state index in [4.69, 9.17) is 21.1 Å². The molecule has 0 fully saturated rings. The maximum Gasteiger partial charge on any atom is 0.253 e. The molecule has 2 aromatic rings. The summed E-state index contributed by atoms with van der Waals surface area (Å²) in [7, 11) is 6.41. The SMILES string of the molecule is COc1ccc(OC)c(CC(=O)Nc2cc(C(=O)N(C)C)ccc2Cl)c1. The lowest BCUT2D eigenvalue weighted by molar-refractivity contribution is -0.115. The zero-order valence-corrected chi connectivity index (χ0v) is 15.9. The molecule has 0 unspecified atom stereocenters. The minimum Gasteiger partial charge on any atom is -0.497 e.